The van der Waals surface area contributed by atoms with Gasteiger partial charge in [-0.3, -0.25) is 0 Å². The first kappa shape index (κ1) is 18.3. The first-order valence-electron chi connectivity index (χ1n) is 8.02. The van der Waals surface area contributed by atoms with Gasteiger partial charge in [0.2, 0.25) is 0 Å². The molecule has 6 heteroatoms. The Balaban J connectivity index is 1.84. The quantitative estimate of drug-likeness (QED) is 0.579. The summed E-state index contributed by atoms with van der Waals surface area (Å²) in [6, 6.07) is 22.3. The van der Waals surface area contributed by atoms with E-state index in [1.54, 1.807) is 36.4 Å². The van der Waals surface area contributed by atoms with Crippen LogP contribution in [0.15, 0.2) is 72.8 Å². The van der Waals surface area contributed by atoms with E-state index in [0.29, 0.717) is 23.5 Å². The van der Waals surface area contributed by atoms with Crippen LogP contribution in [0.25, 0.3) is 11.1 Å². The van der Waals surface area contributed by atoms with E-state index in [4.69, 9.17) is 10.00 Å². The van der Waals surface area contributed by atoms with Crippen molar-refractivity contribution in [3.8, 4) is 28.7 Å². The predicted molar refractivity (Wildman–Crippen MR) is 94.1 cm³/mol. The van der Waals surface area contributed by atoms with Crippen LogP contribution < -0.4 is 9.47 Å². The summed E-state index contributed by atoms with van der Waals surface area (Å²) < 4.78 is 47.4. The molecule has 3 aromatic carbocycles. The molecule has 3 nitrogen and oxygen atoms in total. The van der Waals surface area contributed by atoms with Crippen LogP contribution in [-0.2, 0) is 6.61 Å². The molecule has 0 fully saturated rings. The summed E-state index contributed by atoms with van der Waals surface area (Å²) in [6.07, 6.45) is -4.87. The molecule has 0 N–H and O–H groups in total. The Morgan fingerprint density at radius 1 is 0.852 bits per heavy atom. The minimum atomic E-state index is -4.87. The molecule has 0 unspecified atom stereocenters. The van der Waals surface area contributed by atoms with Crippen LogP contribution >= 0.6 is 0 Å². The van der Waals surface area contributed by atoms with Crippen LogP contribution in [0.5, 0.6) is 11.5 Å². The molecule has 3 aromatic rings. The van der Waals surface area contributed by atoms with Gasteiger partial charge in [-0.2, -0.15) is 5.26 Å². The highest BCUT2D eigenvalue weighted by atomic mass is 19.4. The summed E-state index contributed by atoms with van der Waals surface area (Å²) in [5, 5.41) is 8.98. The number of hydrogen-bond donors (Lipinski definition) is 0. The van der Waals surface area contributed by atoms with E-state index in [1.165, 1.54) is 12.1 Å². The predicted octanol–water partition coefficient (Wildman–Crippen LogP) is 5.70. The van der Waals surface area contributed by atoms with Crippen molar-refractivity contribution in [3.05, 3.63) is 83.9 Å². The third-order valence-corrected chi connectivity index (χ3v) is 3.74. The van der Waals surface area contributed by atoms with Crippen LogP contribution in [0.1, 0.15) is 11.1 Å². The van der Waals surface area contributed by atoms with Crippen LogP contribution in [0.4, 0.5) is 13.2 Å². The van der Waals surface area contributed by atoms with Gasteiger partial charge in [0.25, 0.3) is 0 Å². The Labute approximate surface area is 154 Å². The van der Waals surface area contributed by atoms with Crippen LogP contribution in [-0.4, -0.2) is 6.36 Å². The molecule has 0 spiro atoms. The van der Waals surface area contributed by atoms with Gasteiger partial charge in [-0.15, -0.1) is 13.2 Å². The number of nitrogens with zero attached hydrogens (tertiary/aromatic N) is 1. The Morgan fingerprint density at radius 3 is 2.30 bits per heavy atom. The van der Waals surface area contributed by atoms with Gasteiger partial charge in [-0.05, 0) is 41.0 Å². The molecule has 0 aliphatic heterocycles. The lowest BCUT2D eigenvalue weighted by Gasteiger charge is -2.12. The van der Waals surface area contributed by atoms with E-state index in [-0.39, 0.29) is 5.56 Å². The van der Waals surface area contributed by atoms with E-state index >= 15 is 0 Å². The average molecular weight is 369 g/mol. The maximum atomic E-state index is 12.6. The number of rotatable bonds is 5. The molecule has 0 saturated carbocycles. The van der Waals surface area contributed by atoms with Crippen LogP contribution in [0, 0.1) is 11.3 Å². The monoisotopic (exact) mass is 369 g/mol. The lowest BCUT2D eigenvalue weighted by molar-refractivity contribution is -0.274. The Kier molecular flexibility index (Phi) is 5.32. The van der Waals surface area contributed by atoms with Crippen LogP contribution in [0.3, 0.4) is 0 Å². The molecule has 0 aliphatic carbocycles. The molecule has 0 aliphatic rings. The molecule has 0 aromatic heterocycles. The fraction of sp³-hybridized carbons (Fsp3) is 0.0952. The number of alkyl halides is 3. The minimum Gasteiger partial charge on any atom is -0.489 e. The molecule has 0 bridgehead atoms. The lowest BCUT2D eigenvalue weighted by atomic mass is 10.0. The van der Waals surface area contributed by atoms with E-state index in [2.05, 4.69) is 4.74 Å². The van der Waals surface area contributed by atoms with Gasteiger partial charge < -0.3 is 9.47 Å². The highest BCUT2D eigenvalue weighted by Gasteiger charge is 2.32. The maximum Gasteiger partial charge on any atom is 0.573 e. The van der Waals surface area contributed by atoms with Gasteiger partial charge in [0, 0.05) is 0 Å². The summed E-state index contributed by atoms with van der Waals surface area (Å²) in [5.74, 6) is 0.0529. The second kappa shape index (κ2) is 7.83. The van der Waals surface area contributed by atoms with Crippen molar-refractivity contribution in [2.45, 2.75) is 13.0 Å². The molecular weight excluding hydrogens is 355 g/mol. The van der Waals surface area contributed by atoms with E-state index < -0.39 is 12.1 Å². The average Bonchev–Trinajstić information content (AvgIpc) is 2.66. The van der Waals surface area contributed by atoms with Crippen molar-refractivity contribution in [1.29, 1.82) is 5.26 Å². The largest absolute Gasteiger partial charge is 0.573 e. The third-order valence-electron chi connectivity index (χ3n) is 3.74. The van der Waals surface area contributed by atoms with E-state index in [0.717, 1.165) is 5.56 Å². The fourth-order valence-electron chi connectivity index (χ4n) is 2.51. The summed E-state index contributed by atoms with van der Waals surface area (Å²) >= 11 is 0. The second-order valence-corrected chi connectivity index (χ2v) is 5.67. The zero-order valence-corrected chi connectivity index (χ0v) is 14.0. The summed E-state index contributed by atoms with van der Waals surface area (Å²) in [6.45, 7) is 0.375. The standard InChI is InChI=1S/C21H14F3NO2/c22-21(23,24)27-20-12-17(9-10-18(20)13-25)16-7-4-8-19(11-16)26-14-15-5-2-1-3-6-15/h1-12H,14H2. The van der Waals surface area contributed by atoms with Gasteiger partial charge >= 0.3 is 6.36 Å². The van der Waals surface area contributed by atoms with E-state index in [9.17, 15) is 13.2 Å². The van der Waals surface area contributed by atoms with Gasteiger partial charge in [0.15, 0.2) is 0 Å². The number of hydrogen-bond acceptors (Lipinski definition) is 3. The van der Waals surface area contributed by atoms with Crippen molar-refractivity contribution in [1.82, 2.24) is 0 Å². The fourth-order valence-corrected chi connectivity index (χ4v) is 2.51. The highest BCUT2D eigenvalue weighted by molar-refractivity contribution is 5.68. The summed E-state index contributed by atoms with van der Waals surface area (Å²) in [4.78, 5) is 0. The van der Waals surface area contributed by atoms with E-state index in [1.807, 2.05) is 30.3 Å². The zero-order chi connectivity index (χ0) is 19.3. The molecule has 0 amide bonds. The Morgan fingerprint density at radius 2 is 1.59 bits per heavy atom. The number of benzene rings is 3. The van der Waals surface area contributed by atoms with Crippen molar-refractivity contribution in [3.63, 3.8) is 0 Å². The van der Waals surface area contributed by atoms with Gasteiger partial charge in [0.1, 0.15) is 24.2 Å². The minimum absolute atomic E-state index is 0.187. The van der Waals surface area contributed by atoms with Gasteiger partial charge in [0.05, 0.1) is 5.56 Å². The third kappa shape index (κ3) is 5.02. The maximum absolute atomic E-state index is 12.6. The molecule has 0 radical (unpaired) electrons. The Hall–Kier alpha value is -3.46. The lowest BCUT2D eigenvalue weighted by Crippen LogP contribution is -2.17. The molecule has 27 heavy (non-hydrogen) atoms. The molecular formula is C21H14F3NO2. The zero-order valence-electron chi connectivity index (χ0n) is 14.0. The molecule has 0 atom stereocenters. The SMILES string of the molecule is N#Cc1ccc(-c2cccc(OCc3ccccc3)c2)cc1OC(F)(F)F. The van der Waals surface area contributed by atoms with Gasteiger partial charge in [-0.25, -0.2) is 0 Å². The number of halogens is 3. The molecule has 136 valence electrons. The van der Waals surface area contributed by atoms with Crippen molar-refractivity contribution in [2.75, 3.05) is 0 Å². The molecule has 3 rings (SSSR count). The first-order valence-corrected chi connectivity index (χ1v) is 8.02. The molecule has 0 heterocycles. The van der Waals surface area contributed by atoms with Crippen molar-refractivity contribution >= 4 is 0 Å². The Bertz CT molecular complexity index is 963. The van der Waals surface area contributed by atoms with Crippen molar-refractivity contribution in [2.24, 2.45) is 0 Å². The highest BCUT2D eigenvalue weighted by Crippen LogP contribution is 2.32. The topological polar surface area (TPSA) is 42.2 Å². The van der Waals surface area contributed by atoms with Gasteiger partial charge in [-0.1, -0.05) is 48.5 Å². The van der Waals surface area contributed by atoms with Crippen LogP contribution in [0.2, 0.25) is 0 Å². The van der Waals surface area contributed by atoms with Crippen molar-refractivity contribution < 1.29 is 22.6 Å². The molecule has 0 saturated heterocycles. The normalized spacial score (nSPS) is 10.9. The summed E-state index contributed by atoms with van der Waals surface area (Å²) in [5.41, 5.74) is 1.95. The number of ether oxygens (including phenoxy) is 2. The second-order valence-electron chi connectivity index (χ2n) is 5.67. The summed E-state index contributed by atoms with van der Waals surface area (Å²) in [7, 11) is 0. The smallest absolute Gasteiger partial charge is 0.489 e. The number of nitriles is 1. The first-order chi connectivity index (χ1) is 12.9.